The number of nitrogens with one attached hydrogen (secondary N) is 1. The smallest absolute Gasteiger partial charge is 0.323 e. The lowest BCUT2D eigenvalue weighted by molar-refractivity contribution is -0.142. The molecule has 5 nitrogen and oxygen atoms in total. The van der Waals surface area contributed by atoms with Crippen molar-refractivity contribution in [2.24, 2.45) is 0 Å². The fourth-order valence-electron chi connectivity index (χ4n) is 1.47. The summed E-state index contributed by atoms with van der Waals surface area (Å²) in [6.07, 6.45) is 0.674. The van der Waals surface area contributed by atoms with Crippen LogP contribution >= 0.6 is 11.6 Å². The van der Waals surface area contributed by atoms with E-state index in [-0.39, 0.29) is 4.90 Å². The number of aryl methyl sites for hydroxylation is 1. The van der Waals surface area contributed by atoms with Gasteiger partial charge in [-0.25, -0.2) is 8.42 Å². The van der Waals surface area contributed by atoms with E-state index < -0.39 is 22.0 Å². The van der Waals surface area contributed by atoms with Crippen LogP contribution in [0.3, 0.4) is 0 Å². The molecule has 1 atom stereocenters. The molecule has 0 aliphatic rings. The highest BCUT2D eigenvalue weighted by molar-refractivity contribution is 7.89. The zero-order valence-electron chi connectivity index (χ0n) is 10.7. The first-order valence-electron chi connectivity index (χ1n) is 5.65. The van der Waals surface area contributed by atoms with Gasteiger partial charge in [-0.2, -0.15) is 4.72 Å². The van der Waals surface area contributed by atoms with Gasteiger partial charge in [0.1, 0.15) is 6.04 Å². The molecule has 7 heteroatoms. The Hall–Kier alpha value is -1.11. The number of sulfonamides is 1. The largest absolute Gasteiger partial charge is 0.468 e. The Labute approximate surface area is 118 Å². The summed E-state index contributed by atoms with van der Waals surface area (Å²) in [5.41, 5.74) is 0.954. The molecule has 0 unspecified atom stereocenters. The van der Waals surface area contributed by atoms with Gasteiger partial charge < -0.3 is 4.74 Å². The third-order valence-electron chi connectivity index (χ3n) is 2.50. The van der Waals surface area contributed by atoms with E-state index in [0.717, 1.165) is 5.56 Å². The molecule has 0 aliphatic heterocycles. The second-order valence-corrected chi connectivity index (χ2v) is 6.04. The van der Waals surface area contributed by atoms with Gasteiger partial charge in [-0.3, -0.25) is 4.79 Å². The molecule has 19 heavy (non-hydrogen) atoms. The zero-order valence-corrected chi connectivity index (χ0v) is 12.3. The lowest BCUT2D eigenvalue weighted by Gasteiger charge is -2.12. The molecule has 0 bridgehead atoms. The predicted octanol–water partition coefficient (Wildman–Crippen LogP) is 1.31. The molecule has 106 valence electrons. The average Bonchev–Trinajstić information content (AvgIpc) is 2.38. The summed E-state index contributed by atoms with van der Waals surface area (Å²) in [7, 11) is -2.53. The van der Waals surface area contributed by atoms with Crippen LogP contribution in [-0.2, 0) is 26.0 Å². The second kappa shape index (κ2) is 6.88. The van der Waals surface area contributed by atoms with Gasteiger partial charge in [-0.15, -0.1) is 11.6 Å². The molecule has 1 aromatic rings. The maximum Gasteiger partial charge on any atom is 0.323 e. The second-order valence-electron chi connectivity index (χ2n) is 3.95. The van der Waals surface area contributed by atoms with E-state index >= 15 is 0 Å². The fraction of sp³-hybridized carbons (Fsp3) is 0.417. The lowest BCUT2D eigenvalue weighted by atomic mass is 10.2. The third kappa shape index (κ3) is 4.49. The van der Waals surface area contributed by atoms with Crippen molar-refractivity contribution in [1.82, 2.24) is 4.72 Å². The van der Waals surface area contributed by atoms with Gasteiger partial charge in [0.15, 0.2) is 0 Å². The first-order chi connectivity index (χ1) is 8.90. The Morgan fingerprint density at radius 3 is 2.42 bits per heavy atom. The van der Waals surface area contributed by atoms with E-state index in [2.05, 4.69) is 9.46 Å². The van der Waals surface area contributed by atoms with Crippen molar-refractivity contribution in [3.63, 3.8) is 0 Å². The van der Waals surface area contributed by atoms with Crippen LogP contribution < -0.4 is 4.72 Å². The van der Waals surface area contributed by atoms with Crippen LogP contribution in [0.15, 0.2) is 29.2 Å². The van der Waals surface area contributed by atoms with Crippen LogP contribution in [0.2, 0.25) is 0 Å². The number of carbonyl (C=O) groups is 1. The number of rotatable bonds is 6. The Balaban J connectivity index is 2.85. The van der Waals surface area contributed by atoms with Gasteiger partial charge in [0.05, 0.1) is 12.0 Å². The Kier molecular flexibility index (Phi) is 5.78. The maximum absolute atomic E-state index is 12.0. The van der Waals surface area contributed by atoms with Gasteiger partial charge in [0.2, 0.25) is 10.0 Å². The molecule has 0 radical (unpaired) electrons. The van der Waals surface area contributed by atoms with Crippen molar-refractivity contribution in [3.05, 3.63) is 29.8 Å². The van der Waals surface area contributed by atoms with Crippen LogP contribution in [-0.4, -0.2) is 33.4 Å². The SMILES string of the molecule is COC(=O)[C@H](C)NS(=O)(=O)c1ccc(CCCl)cc1. The van der Waals surface area contributed by atoms with Gasteiger partial charge in [-0.05, 0) is 31.0 Å². The molecule has 0 aliphatic carbocycles. The highest BCUT2D eigenvalue weighted by Gasteiger charge is 2.22. The number of alkyl halides is 1. The van der Waals surface area contributed by atoms with Crippen molar-refractivity contribution in [3.8, 4) is 0 Å². The molecule has 0 amide bonds. The van der Waals surface area contributed by atoms with E-state index in [1.54, 1.807) is 12.1 Å². The summed E-state index contributed by atoms with van der Waals surface area (Å²) in [5, 5.41) is 0. The predicted molar refractivity (Wildman–Crippen MR) is 72.7 cm³/mol. The topological polar surface area (TPSA) is 72.5 Å². The summed E-state index contributed by atoms with van der Waals surface area (Å²) in [4.78, 5) is 11.3. The van der Waals surface area contributed by atoms with Crippen molar-refractivity contribution < 1.29 is 17.9 Å². The fourth-order valence-corrected chi connectivity index (χ4v) is 2.88. The summed E-state index contributed by atoms with van der Waals surface area (Å²) in [6, 6.07) is 5.42. The number of halogens is 1. The number of hydrogen-bond donors (Lipinski definition) is 1. The number of methoxy groups -OCH3 is 1. The number of carbonyl (C=O) groups excluding carboxylic acids is 1. The van der Waals surface area contributed by atoms with Crippen molar-refractivity contribution in [1.29, 1.82) is 0 Å². The first kappa shape index (κ1) is 15.9. The molecule has 0 saturated heterocycles. The van der Waals surface area contributed by atoms with Crippen molar-refractivity contribution in [2.75, 3.05) is 13.0 Å². The molecule has 1 rings (SSSR count). The summed E-state index contributed by atoms with van der Waals surface area (Å²) in [6.45, 7) is 1.42. The minimum Gasteiger partial charge on any atom is -0.468 e. The minimum atomic E-state index is -3.73. The molecule has 0 aromatic heterocycles. The number of benzene rings is 1. The molecule has 0 heterocycles. The Morgan fingerprint density at radius 1 is 1.37 bits per heavy atom. The van der Waals surface area contributed by atoms with Crippen molar-refractivity contribution >= 4 is 27.6 Å². The highest BCUT2D eigenvalue weighted by atomic mass is 35.5. The summed E-state index contributed by atoms with van der Waals surface area (Å²) >= 11 is 5.60. The first-order valence-corrected chi connectivity index (χ1v) is 7.67. The Bertz CT molecular complexity index is 527. The van der Waals surface area contributed by atoms with Crippen LogP contribution in [0.1, 0.15) is 12.5 Å². The molecule has 0 fully saturated rings. The minimum absolute atomic E-state index is 0.0987. The van der Waals surface area contributed by atoms with Gasteiger partial charge >= 0.3 is 5.97 Å². The normalized spacial score (nSPS) is 13.0. The summed E-state index contributed by atoms with van der Waals surface area (Å²) in [5.74, 6) is -0.161. The van der Waals surface area contributed by atoms with Gasteiger partial charge in [0, 0.05) is 5.88 Å². The number of esters is 1. The van der Waals surface area contributed by atoms with E-state index in [4.69, 9.17) is 11.6 Å². The third-order valence-corrected chi connectivity index (χ3v) is 4.25. The molecule has 1 aromatic carbocycles. The number of ether oxygens (including phenoxy) is 1. The van der Waals surface area contributed by atoms with Crippen LogP contribution in [0.4, 0.5) is 0 Å². The van der Waals surface area contributed by atoms with E-state index in [9.17, 15) is 13.2 Å². The zero-order chi connectivity index (χ0) is 14.5. The standard InChI is InChI=1S/C12H16ClNO4S/c1-9(12(15)18-2)14-19(16,17)11-5-3-10(4-6-11)7-8-13/h3-6,9,14H,7-8H2,1-2H3/t9-/m0/s1. The van der Waals surface area contributed by atoms with Crippen LogP contribution in [0, 0.1) is 0 Å². The molecule has 0 spiro atoms. The van der Waals surface area contributed by atoms with Gasteiger partial charge in [0.25, 0.3) is 0 Å². The van der Waals surface area contributed by atoms with E-state index in [1.807, 2.05) is 0 Å². The number of hydrogen-bond acceptors (Lipinski definition) is 4. The molecular formula is C12H16ClNO4S. The molecule has 1 N–H and O–H groups in total. The van der Waals surface area contributed by atoms with Crippen LogP contribution in [0.25, 0.3) is 0 Å². The average molecular weight is 306 g/mol. The van der Waals surface area contributed by atoms with Gasteiger partial charge in [-0.1, -0.05) is 12.1 Å². The summed E-state index contributed by atoms with van der Waals surface area (Å²) < 4.78 is 30.7. The van der Waals surface area contributed by atoms with Crippen molar-refractivity contribution in [2.45, 2.75) is 24.3 Å². The quantitative estimate of drug-likeness (QED) is 0.635. The monoisotopic (exact) mass is 305 g/mol. The highest BCUT2D eigenvalue weighted by Crippen LogP contribution is 2.12. The van der Waals surface area contributed by atoms with E-state index in [0.29, 0.717) is 12.3 Å². The molecule has 0 saturated carbocycles. The van der Waals surface area contributed by atoms with Crippen LogP contribution in [0.5, 0.6) is 0 Å². The maximum atomic E-state index is 12.0. The van der Waals surface area contributed by atoms with E-state index in [1.165, 1.54) is 26.2 Å². The Morgan fingerprint density at radius 2 is 1.95 bits per heavy atom. The lowest BCUT2D eigenvalue weighted by Crippen LogP contribution is -2.39. The molecular weight excluding hydrogens is 290 g/mol.